The third kappa shape index (κ3) is 2.59. The summed E-state index contributed by atoms with van der Waals surface area (Å²) in [4.78, 5) is 14.0. The molecule has 1 unspecified atom stereocenters. The fraction of sp³-hybridized carbons (Fsp3) is 0.308. The Hall–Kier alpha value is -1.73. The zero-order valence-corrected chi connectivity index (χ0v) is 12.3. The van der Waals surface area contributed by atoms with Crippen molar-refractivity contribution in [2.75, 3.05) is 13.1 Å². The Bertz CT molecular complexity index is 641. The van der Waals surface area contributed by atoms with Crippen LogP contribution in [0.15, 0.2) is 34.9 Å². The second-order valence-electron chi connectivity index (χ2n) is 4.83. The average Bonchev–Trinajstić information content (AvgIpc) is 3.07. The number of rotatable bonds is 2. The Balaban J connectivity index is 1.81. The molecule has 0 saturated carbocycles. The fourth-order valence-corrected chi connectivity index (χ4v) is 2.63. The first-order valence-electron chi connectivity index (χ1n) is 6.36. The van der Waals surface area contributed by atoms with Crippen LogP contribution >= 0.6 is 15.9 Å². The molecule has 2 heterocycles. The van der Waals surface area contributed by atoms with Gasteiger partial charge >= 0.3 is 0 Å². The number of hydrogen-bond acceptors (Lipinski definition) is 4. The van der Waals surface area contributed by atoms with Gasteiger partial charge in [-0.1, -0.05) is 27.2 Å². The van der Waals surface area contributed by atoms with Gasteiger partial charge in [0.05, 0.1) is 11.9 Å². The fourth-order valence-electron chi connectivity index (χ4n) is 2.24. The van der Waals surface area contributed by atoms with Crippen LogP contribution < -0.4 is 5.73 Å². The van der Waals surface area contributed by atoms with E-state index in [-0.39, 0.29) is 11.9 Å². The highest BCUT2D eigenvalue weighted by Crippen LogP contribution is 2.16. The molecule has 20 heavy (non-hydrogen) atoms. The van der Waals surface area contributed by atoms with Crippen LogP contribution in [0.25, 0.3) is 5.69 Å². The summed E-state index contributed by atoms with van der Waals surface area (Å²) in [6, 6.07) is 7.72. The number of carbonyl (C=O) groups is 1. The predicted octanol–water partition coefficient (Wildman–Crippen LogP) is 1.20. The number of likely N-dealkylation sites (tertiary alicyclic amines) is 1. The lowest BCUT2D eigenvalue weighted by molar-refractivity contribution is 0.0785. The zero-order chi connectivity index (χ0) is 14.1. The molecule has 1 saturated heterocycles. The summed E-state index contributed by atoms with van der Waals surface area (Å²) in [7, 11) is 0. The molecule has 1 amide bonds. The molecule has 6 nitrogen and oxygen atoms in total. The maximum absolute atomic E-state index is 12.2. The van der Waals surface area contributed by atoms with Crippen molar-refractivity contribution in [2.24, 2.45) is 5.73 Å². The quantitative estimate of drug-likeness (QED) is 0.894. The molecule has 104 valence electrons. The van der Waals surface area contributed by atoms with Gasteiger partial charge in [0.1, 0.15) is 0 Å². The smallest absolute Gasteiger partial charge is 0.276 e. The van der Waals surface area contributed by atoms with Gasteiger partial charge in [-0.25, -0.2) is 4.68 Å². The van der Waals surface area contributed by atoms with Crippen LogP contribution in [0.5, 0.6) is 0 Å². The molecule has 0 bridgehead atoms. The largest absolute Gasteiger partial charge is 0.336 e. The van der Waals surface area contributed by atoms with Gasteiger partial charge in [0.25, 0.3) is 5.91 Å². The molecule has 1 atom stereocenters. The minimum atomic E-state index is -0.112. The van der Waals surface area contributed by atoms with Crippen molar-refractivity contribution in [1.82, 2.24) is 19.9 Å². The number of hydrogen-bond donors (Lipinski definition) is 1. The first-order chi connectivity index (χ1) is 9.63. The van der Waals surface area contributed by atoms with E-state index in [1.165, 1.54) is 0 Å². The molecule has 2 aromatic rings. The number of nitrogens with zero attached hydrogens (tertiary/aromatic N) is 4. The van der Waals surface area contributed by atoms with Crippen LogP contribution in [0.4, 0.5) is 0 Å². The van der Waals surface area contributed by atoms with Crippen LogP contribution in [0.1, 0.15) is 16.9 Å². The maximum Gasteiger partial charge on any atom is 0.276 e. The topological polar surface area (TPSA) is 77.0 Å². The normalized spacial score (nSPS) is 18.5. The van der Waals surface area contributed by atoms with Crippen molar-refractivity contribution in [3.05, 3.63) is 40.6 Å². The molecular formula is C13H14BrN5O. The molecule has 7 heteroatoms. The summed E-state index contributed by atoms with van der Waals surface area (Å²) < 4.78 is 2.54. The van der Waals surface area contributed by atoms with Gasteiger partial charge in [-0.05, 0) is 24.6 Å². The van der Waals surface area contributed by atoms with E-state index in [4.69, 9.17) is 5.73 Å². The van der Waals surface area contributed by atoms with Crippen molar-refractivity contribution < 1.29 is 4.79 Å². The Morgan fingerprint density at radius 2 is 2.30 bits per heavy atom. The summed E-state index contributed by atoms with van der Waals surface area (Å²) in [5.74, 6) is -0.112. The van der Waals surface area contributed by atoms with Crippen LogP contribution in [-0.2, 0) is 0 Å². The molecular weight excluding hydrogens is 322 g/mol. The second kappa shape index (κ2) is 5.34. The molecule has 2 N–H and O–H groups in total. The van der Waals surface area contributed by atoms with Gasteiger partial charge in [-0.2, -0.15) is 0 Å². The molecule has 3 rings (SSSR count). The monoisotopic (exact) mass is 335 g/mol. The van der Waals surface area contributed by atoms with Crippen LogP contribution in [-0.4, -0.2) is 44.9 Å². The summed E-state index contributed by atoms with van der Waals surface area (Å²) >= 11 is 3.41. The second-order valence-corrected chi connectivity index (χ2v) is 5.74. The molecule has 1 fully saturated rings. The van der Waals surface area contributed by atoms with E-state index in [1.54, 1.807) is 15.8 Å². The van der Waals surface area contributed by atoms with Crippen LogP contribution in [0.2, 0.25) is 0 Å². The number of benzene rings is 1. The van der Waals surface area contributed by atoms with E-state index in [2.05, 4.69) is 26.2 Å². The van der Waals surface area contributed by atoms with E-state index < -0.39 is 0 Å². The maximum atomic E-state index is 12.2. The van der Waals surface area contributed by atoms with Gasteiger partial charge in [-0.3, -0.25) is 4.79 Å². The first-order valence-corrected chi connectivity index (χ1v) is 7.16. The number of carbonyl (C=O) groups excluding carboxylic acids is 1. The van der Waals surface area contributed by atoms with Gasteiger partial charge in [0.15, 0.2) is 5.69 Å². The minimum Gasteiger partial charge on any atom is -0.336 e. The Morgan fingerprint density at radius 3 is 3.00 bits per heavy atom. The van der Waals surface area contributed by atoms with Crippen LogP contribution in [0.3, 0.4) is 0 Å². The van der Waals surface area contributed by atoms with E-state index >= 15 is 0 Å². The number of nitrogens with two attached hydrogens (primary N) is 1. The molecule has 1 aliphatic heterocycles. The van der Waals surface area contributed by atoms with Gasteiger partial charge in [0, 0.05) is 23.6 Å². The van der Waals surface area contributed by atoms with Crippen molar-refractivity contribution in [3.8, 4) is 5.69 Å². The van der Waals surface area contributed by atoms with Crippen molar-refractivity contribution in [2.45, 2.75) is 12.5 Å². The number of aromatic nitrogens is 3. The van der Waals surface area contributed by atoms with Crippen molar-refractivity contribution in [3.63, 3.8) is 0 Å². The molecule has 0 spiro atoms. The third-order valence-electron chi connectivity index (χ3n) is 3.30. The van der Waals surface area contributed by atoms with Gasteiger partial charge in [-0.15, -0.1) is 5.10 Å². The molecule has 1 aliphatic rings. The summed E-state index contributed by atoms with van der Waals surface area (Å²) in [5.41, 5.74) is 7.01. The lowest BCUT2D eigenvalue weighted by Gasteiger charge is -2.13. The van der Waals surface area contributed by atoms with Gasteiger partial charge in [0.2, 0.25) is 0 Å². The van der Waals surface area contributed by atoms with Crippen molar-refractivity contribution in [1.29, 1.82) is 0 Å². The van der Waals surface area contributed by atoms with E-state index in [9.17, 15) is 4.79 Å². The highest BCUT2D eigenvalue weighted by molar-refractivity contribution is 9.10. The Morgan fingerprint density at radius 1 is 1.45 bits per heavy atom. The minimum absolute atomic E-state index is 0.0686. The third-order valence-corrected chi connectivity index (χ3v) is 3.79. The first kappa shape index (κ1) is 13.3. The molecule has 1 aromatic heterocycles. The van der Waals surface area contributed by atoms with E-state index in [1.807, 2.05) is 24.3 Å². The van der Waals surface area contributed by atoms with E-state index in [0.717, 1.165) is 16.6 Å². The van der Waals surface area contributed by atoms with E-state index in [0.29, 0.717) is 18.8 Å². The molecule has 0 aliphatic carbocycles. The van der Waals surface area contributed by atoms with Crippen molar-refractivity contribution >= 4 is 21.8 Å². The number of amides is 1. The van der Waals surface area contributed by atoms with Crippen LogP contribution in [0, 0.1) is 0 Å². The Labute approximate surface area is 124 Å². The Kier molecular flexibility index (Phi) is 3.54. The molecule has 0 radical (unpaired) electrons. The summed E-state index contributed by atoms with van der Waals surface area (Å²) in [6.45, 7) is 1.27. The highest BCUT2D eigenvalue weighted by atomic mass is 79.9. The SMILES string of the molecule is NC1CCN(C(=O)c2cn(-c3cccc(Br)c3)nn2)C1. The summed E-state index contributed by atoms with van der Waals surface area (Å²) in [5, 5.41) is 7.96. The lowest BCUT2D eigenvalue weighted by Crippen LogP contribution is -2.32. The molecule has 1 aromatic carbocycles. The lowest BCUT2D eigenvalue weighted by atomic mass is 10.3. The standard InChI is InChI=1S/C13H14BrN5O/c14-9-2-1-3-11(6-9)19-8-12(16-17-19)13(20)18-5-4-10(15)7-18/h1-3,6,8,10H,4-5,7,15H2. The highest BCUT2D eigenvalue weighted by Gasteiger charge is 2.26. The summed E-state index contributed by atoms with van der Waals surface area (Å²) in [6.07, 6.45) is 2.49. The zero-order valence-electron chi connectivity index (χ0n) is 10.7. The van der Waals surface area contributed by atoms with Gasteiger partial charge < -0.3 is 10.6 Å². The average molecular weight is 336 g/mol. The predicted molar refractivity (Wildman–Crippen MR) is 77.6 cm³/mol. The number of halogens is 1.